The van der Waals surface area contributed by atoms with E-state index in [0.29, 0.717) is 24.5 Å². The van der Waals surface area contributed by atoms with Gasteiger partial charge in [-0.1, -0.05) is 18.2 Å². The summed E-state index contributed by atoms with van der Waals surface area (Å²) in [5, 5.41) is 8.44. The lowest BCUT2D eigenvalue weighted by Crippen LogP contribution is -2.37. The third kappa shape index (κ3) is 3.64. The van der Waals surface area contributed by atoms with Crippen molar-refractivity contribution in [3.05, 3.63) is 46.2 Å². The van der Waals surface area contributed by atoms with Crippen LogP contribution in [0.1, 0.15) is 35.7 Å². The first-order valence-electron chi connectivity index (χ1n) is 9.58. The average molecular weight is 400 g/mol. The van der Waals surface area contributed by atoms with Crippen LogP contribution in [0.15, 0.2) is 40.8 Å². The Hall–Kier alpha value is -2.38. The molecule has 6 nitrogen and oxygen atoms in total. The number of para-hydroxylation sites is 1. The molecule has 0 aliphatic carbocycles. The quantitative estimate of drug-likeness (QED) is 0.746. The summed E-state index contributed by atoms with van der Waals surface area (Å²) >= 11 is 1.65. The lowest BCUT2D eigenvalue weighted by molar-refractivity contribution is -0.134. The zero-order valence-corrected chi connectivity index (χ0v) is 17.1. The predicted octanol–water partition coefficient (Wildman–Crippen LogP) is 3.54. The smallest absolute Gasteiger partial charge is 0.257 e. The van der Waals surface area contributed by atoms with Crippen LogP contribution in [-0.4, -0.2) is 55.4 Å². The molecule has 28 heavy (non-hydrogen) atoms. The van der Waals surface area contributed by atoms with Crippen molar-refractivity contribution >= 4 is 23.0 Å². The Morgan fingerprint density at radius 2 is 2.00 bits per heavy atom. The van der Waals surface area contributed by atoms with E-state index in [1.807, 2.05) is 29.6 Å². The topological polar surface area (TPSA) is 54.4 Å². The van der Waals surface area contributed by atoms with E-state index in [4.69, 9.17) is 14.6 Å². The number of carbonyl (C=O) groups is 1. The number of ether oxygens (including phenoxy) is 2. The van der Waals surface area contributed by atoms with E-state index in [1.165, 1.54) is 0 Å². The molecule has 0 saturated carbocycles. The van der Waals surface area contributed by atoms with Crippen molar-refractivity contribution in [2.24, 2.45) is 5.10 Å². The minimum Gasteiger partial charge on any atom is -0.493 e. The third-order valence-corrected chi connectivity index (χ3v) is 6.24. The van der Waals surface area contributed by atoms with Crippen molar-refractivity contribution in [3.63, 3.8) is 0 Å². The Bertz CT molecular complexity index is 860. The number of rotatable bonds is 6. The molecule has 1 amide bonds. The second kappa shape index (κ2) is 8.32. The van der Waals surface area contributed by atoms with Gasteiger partial charge in [-0.25, -0.2) is 5.01 Å². The first-order valence-corrected chi connectivity index (χ1v) is 10.5. The molecule has 0 N–H and O–H groups in total. The Labute approximate surface area is 169 Å². The molecule has 2 aliphatic heterocycles. The summed E-state index contributed by atoms with van der Waals surface area (Å²) in [5.74, 6) is 1.36. The van der Waals surface area contributed by atoms with Gasteiger partial charge in [0.05, 0.1) is 37.4 Å². The minimum absolute atomic E-state index is 0.0309. The van der Waals surface area contributed by atoms with Crippen molar-refractivity contribution in [1.29, 1.82) is 0 Å². The largest absolute Gasteiger partial charge is 0.493 e. The van der Waals surface area contributed by atoms with Gasteiger partial charge < -0.3 is 9.47 Å². The van der Waals surface area contributed by atoms with E-state index in [0.717, 1.165) is 42.1 Å². The van der Waals surface area contributed by atoms with Gasteiger partial charge in [0.2, 0.25) is 0 Å². The molecule has 1 saturated heterocycles. The average Bonchev–Trinajstić information content (AvgIpc) is 3.47. The molecule has 4 rings (SSSR count). The summed E-state index contributed by atoms with van der Waals surface area (Å²) in [4.78, 5) is 16.5. The molecular formula is C21H25N3O3S. The summed E-state index contributed by atoms with van der Waals surface area (Å²) in [6.45, 7) is 2.37. The highest BCUT2D eigenvalue weighted by Crippen LogP contribution is 2.42. The van der Waals surface area contributed by atoms with Crippen LogP contribution in [0.25, 0.3) is 0 Å². The molecular weight excluding hydrogens is 374 g/mol. The molecule has 7 heteroatoms. The monoisotopic (exact) mass is 399 g/mol. The van der Waals surface area contributed by atoms with Gasteiger partial charge in [0.25, 0.3) is 5.91 Å². The molecule has 148 valence electrons. The van der Waals surface area contributed by atoms with E-state index >= 15 is 0 Å². The van der Waals surface area contributed by atoms with Gasteiger partial charge in [0.1, 0.15) is 0 Å². The number of hydrogen-bond acceptors (Lipinski definition) is 6. The van der Waals surface area contributed by atoms with Gasteiger partial charge in [-0.15, -0.1) is 11.3 Å². The third-order valence-electron chi connectivity index (χ3n) is 5.32. The molecule has 2 aromatic rings. The molecule has 1 atom stereocenters. The number of hydrazone groups is 1. The van der Waals surface area contributed by atoms with Gasteiger partial charge in [0.15, 0.2) is 11.5 Å². The van der Waals surface area contributed by atoms with E-state index < -0.39 is 0 Å². The molecule has 1 aromatic heterocycles. The summed E-state index contributed by atoms with van der Waals surface area (Å²) in [5.41, 5.74) is 1.87. The second-order valence-electron chi connectivity index (χ2n) is 7.05. The minimum atomic E-state index is -0.197. The maximum absolute atomic E-state index is 13.2. The van der Waals surface area contributed by atoms with Gasteiger partial charge in [-0.2, -0.15) is 5.10 Å². The fourth-order valence-electron chi connectivity index (χ4n) is 3.95. The highest BCUT2D eigenvalue weighted by atomic mass is 32.1. The fourth-order valence-corrected chi connectivity index (χ4v) is 4.67. The number of carbonyl (C=O) groups excluding carboxylic acids is 1. The number of likely N-dealkylation sites (tertiary alicyclic amines) is 1. The molecule has 0 radical (unpaired) electrons. The van der Waals surface area contributed by atoms with Gasteiger partial charge in [-0.3, -0.25) is 9.69 Å². The molecule has 0 unspecified atom stereocenters. The van der Waals surface area contributed by atoms with Crippen LogP contribution < -0.4 is 9.47 Å². The van der Waals surface area contributed by atoms with Crippen LogP contribution in [0.4, 0.5) is 0 Å². The highest BCUT2D eigenvalue weighted by molar-refractivity contribution is 7.12. The summed E-state index contributed by atoms with van der Waals surface area (Å²) in [7, 11) is 3.26. The van der Waals surface area contributed by atoms with E-state index in [9.17, 15) is 4.79 Å². The highest BCUT2D eigenvalue weighted by Gasteiger charge is 2.36. The normalized spacial score (nSPS) is 19.7. The SMILES string of the molecule is COc1cccc([C@@H]2CC(c3cccs3)=NN2C(=O)CN2CCCC2)c1OC. The van der Waals surface area contributed by atoms with E-state index in [2.05, 4.69) is 11.0 Å². The Kier molecular flexibility index (Phi) is 5.64. The van der Waals surface area contributed by atoms with Crippen LogP contribution in [0.5, 0.6) is 11.5 Å². The maximum atomic E-state index is 13.2. The van der Waals surface area contributed by atoms with Gasteiger partial charge in [-0.05, 0) is 43.4 Å². The standard InChI is InChI=1S/C21H25N3O3S/c1-26-18-8-5-7-15(21(18)27-2)17-13-16(19-9-6-12-28-19)22-24(17)20(25)14-23-10-3-4-11-23/h5-9,12,17H,3-4,10-11,13-14H2,1-2H3/t17-/m0/s1. The lowest BCUT2D eigenvalue weighted by Gasteiger charge is -2.26. The van der Waals surface area contributed by atoms with Crippen LogP contribution >= 0.6 is 11.3 Å². The Morgan fingerprint density at radius 3 is 2.68 bits per heavy atom. The fraction of sp³-hybridized carbons (Fsp3) is 0.429. The number of nitrogens with zero attached hydrogens (tertiary/aromatic N) is 3. The first kappa shape index (κ1) is 19.0. The van der Waals surface area contributed by atoms with Crippen molar-refractivity contribution in [3.8, 4) is 11.5 Å². The van der Waals surface area contributed by atoms with Crippen molar-refractivity contribution < 1.29 is 14.3 Å². The number of thiophene rings is 1. The van der Waals surface area contributed by atoms with Crippen LogP contribution in [0.2, 0.25) is 0 Å². The number of methoxy groups -OCH3 is 2. The molecule has 1 aromatic carbocycles. The number of benzene rings is 1. The number of hydrogen-bond donors (Lipinski definition) is 0. The zero-order chi connectivity index (χ0) is 19.5. The molecule has 0 spiro atoms. The number of amides is 1. The summed E-state index contributed by atoms with van der Waals surface area (Å²) in [6, 6.07) is 9.67. The van der Waals surface area contributed by atoms with Crippen LogP contribution in [0.3, 0.4) is 0 Å². The predicted molar refractivity (Wildman–Crippen MR) is 110 cm³/mol. The van der Waals surface area contributed by atoms with Crippen molar-refractivity contribution in [2.45, 2.75) is 25.3 Å². The van der Waals surface area contributed by atoms with Gasteiger partial charge in [0, 0.05) is 12.0 Å². The van der Waals surface area contributed by atoms with Crippen molar-refractivity contribution in [1.82, 2.24) is 9.91 Å². The Balaban J connectivity index is 1.67. The molecule has 3 heterocycles. The molecule has 1 fully saturated rings. The van der Waals surface area contributed by atoms with Crippen molar-refractivity contribution in [2.75, 3.05) is 33.9 Å². The van der Waals surface area contributed by atoms with Crippen LogP contribution in [0, 0.1) is 0 Å². The zero-order valence-electron chi connectivity index (χ0n) is 16.3. The van der Waals surface area contributed by atoms with E-state index in [1.54, 1.807) is 30.6 Å². The summed E-state index contributed by atoms with van der Waals surface area (Å²) in [6.07, 6.45) is 2.98. The lowest BCUT2D eigenvalue weighted by atomic mass is 9.99. The maximum Gasteiger partial charge on any atom is 0.257 e. The molecule has 0 bridgehead atoms. The first-order chi connectivity index (χ1) is 13.7. The van der Waals surface area contributed by atoms with Crippen LogP contribution in [-0.2, 0) is 4.79 Å². The second-order valence-corrected chi connectivity index (χ2v) is 8.00. The Morgan fingerprint density at radius 1 is 1.18 bits per heavy atom. The molecule has 2 aliphatic rings. The van der Waals surface area contributed by atoms with E-state index in [-0.39, 0.29) is 11.9 Å². The summed E-state index contributed by atoms with van der Waals surface area (Å²) < 4.78 is 11.1. The van der Waals surface area contributed by atoms with Gasteiger partial charge >= 0.3 is 0 Å².